The lowest BCUT2D eigenvalue weighted by Gasteiger charge is -2.12. The van der Waals surface area contributed by atoms with Gasteiger partial charge in [-0.15, -0.1) is 0 Å². The minimum Gasteiger partial charge on any atom is -0.376 e. The first-order valence-electron chi connectivity index (χ1n) is 9.01. The zero-order chi connectivity index (χ0) is 20.5. The van der Waals surface area contributed by atoms with Gasteiger partial charge in [0.05, 0.1) is 27.8 Å². The zero-order valence-corrected chi connectivity index (χ0v) is 16.6. The number of hydrogen-bond acceptors (Lipinski definition) is 6. The summed E-state index contributed by atoms with van der Waals surface area (Å²) in [7, 11) is -0.857. The summed E-state index contributed by atoms with van der Waals surface area (Å²) in [6, 6.07) is 4.22. The Morgan fingerprint density at radius 2 is 1.86 bits per heavy atom. The van der Waals surface area contributed by atoms with Crippen LogP contribution in [0.25, 0.3) is 11.0 Å². The molecule has 0 aliphatic carbocycles. The summed E-state index contributed by atoms with van der Waals surface area (Å²) in [5.74, 6) is -0.704. The van der Waals surface area contributed by atoms with Crippen molar-refractivity contribution in [2.24, 2.45) is 14.1 Å². The van der Waals surface area contributed by atoms with Gasteiger partial charge >= 0.3 is 11.1 Å². The average molecular weight is 409 g/mol. The second-order valence-corrected chi connectivity index (χ2v) is 9.00. The Bertz CT molecular complexity index is 1130. The van der Waals surface area contributed by atoms with E-state index in [-0.39, 0.29) is 29.1 Å². The highest BCUT2D eigenvalue weighted by Gasteiger charge is 2.20. The first-order valence-corrected chi connectivity index (χ1v) is 10.7. The summed E-state index contributed by atoms with van der Waals surface area (Å²) in [6.45, 7) is 1.07. The Balaban J connectivity index is 1.76. The Kier molecular flexibility index (Phi) is 5.71. The number of rotatable bonds is 6. The number of nitrogens with one attached hydrogen (secondary N) is 1. The van der Waals surface area contributed by atoms with E-state index in [1.165, 1.54) is 36.9 Å². The smallest absolute Gasteiger partial charge is 0.316 e. The van der Waals surface area contributed by atoms with E-state index in [0.717, 1.165) is 17.4 Å². The second-order valence-electron chi connectivity index (χ2n) is 6.89. The van der Waals surface area contributed by atoms with Crippen LogP contribution in [-0.4, -0.2) is 48.5 Å². The van der Waals surface area contributed by atoms with Crippen LogP contribution >= 0.6 is 0 Å². The monoisotopic (exact) mass is 409 g/mol. The maximum absolute atomic E-state index is 12.6. The molecule has 0 spiro atoms. The van der Waals surface area contributed by atoms with Gasteiger partial charge in [-0.1, -0.05) is 0 Å². The van der Waals surface area contributed by atoms with Crippen LogP contribution in [0.2, 0.25) is 0 Å². The predicted molar refractivity (Wildman–Crippen MR) is 103 cm³/mol. The van der Waals surface area contributed by atoms with E-state index in [0.29, 0.717) is 24.2 Å². The van der Waals surface area contributed by atoms with E-state index in [1.54, 1.807) is 0 Å². The topological polar surface area (TPSA) is 116 Å². The van der Waals surface area contributed by atoms with Gasteiger partial charge in [0, 0.05) is 33.7 Å². The molecule has 1 aliphatic heterocycles. The van der Waals surface area contributed by atoms with Crippen molar-refractivity contribution >= 4 is 26.8 Å². The van der Waals surface area contributed by atoms with Crippen molar-refractivity contribution in [2.75, 3.05) is 18.9 Å². The molecule has 1 amide bonds. The van der Waals surface area contributed by atoms with Crippen molar-refractivity contribution in [3.8, 4) is 0 Å². The molecule has 1 atom stereocenters. The quantitative estimate of drug-likeness (QED) is 0.655. The number of hydrogen-bond donors (Lipinski definition) is 1. The number of ether oxygens (including phenoxy) is 1. The van der Waals surface area contributed by atoms with E-state index in [1.807, 2.05) is 0 Å². The Hall–Kier alpha value is -2.46. The third-order valence-corrected chi connectivity index (χ3v) is 6.68. The zero-order valence-electron chi connectivity index (χ0n) is 15.8. The SMILES string of the molecule is Cn1c(=O)c(=O)n(C)c2cc(S(=O)(=O)CCC(=O)NC[C@H]3CCCO3)ccc21. The molecule has 3 rings (SSSR count). The van der Waals surface area contributed by atoms with E-state index in [9.17, 15) is 22.8 Å². The van der Waals surface area contributed by atoms with Gasteiger partial charge in [0.1, 0.15) is 0 Å². The van der Waals surface area contributed by atoms with Gasteiger partial charge < -0.3 is 19.2 Å². The molecule has 1 fully saturated rings. The summed E-state index contributed by atoms with van der Waals surface area (Å²) in [6.07, 6.45) is 1.68. The molecule has 2 aromatic rings. The van der Waals surface area contributed by atoms with E-state index < -0.39 is 21.0 Å². The van der Waals surface area contributed by atoms with Gasteiger partial charge in [-0.25, -0.2) is 8.42 Å². The number of benzene rings is 1. The van der Waals surface area contributed by atoms with Crippen LogP contribution in [0.1, 0.15) is 19.3 Å². The van der Waals surface area contributed by atoms with Gasteiger partial charge in [-0.3, -0.25) is 14.4 Å². The van der Waals surface area contributed by atoms with Crippen molar-refractivity contribution in [3.63, 3.8) is 0 Å². The molecule has 1 aliphatic rings. The van der Waals surface area contributed by atoms with Crippen molar-refractivity contribution < 1.29 is 17.9 Å². The molecule has 10 heteroatoms. The van der Waals surface area contributed by atoms with Gasteiger partial charge in [-0.2, -0.15) is 0 Å². The maximum Gasteiger partial charge on any atom is 0.316 e. The number of sulfone groups is 1. The number of aromatic nitrogens is 2. The highest BCUT2D eigenvalue weighted by Crippen LogP contribution is 2.18. The molecular formula is C18H23N3O6S. The molecule has 0 unspecified atom stereocenters. The van der Waals surface area contributed by atoms with Crippen molar-refractivity contribution in [2.45, 2.75) is 30.3 Å². The Labute approximate surface area is 161 Å². The highest BCUT2D eigenvalue weighted by atomic mass is 32.2. The molecule has 2 heterocycles. The van der Waals surface area contributed by atoms with Crippen LogP contribution in [0.5, 0.6) is 0 Å². The summed E-state index contributed by atoms with van der Waals surface area (Å²) in [4.78, 5) is 35.8. The van der Waals surface area contributed by atoms with Gasteiger partial charge in [0.25, 0.3) is 0 Å². The summed E-state index contributed by atoms with van der Waals surface area (Å²) in [5.41, 5.74) is -0.650. The molecule has 1 N–H and O–H groups in total. The highest BCUT2D eigenvalue weighted by molar-refractivity contribution is 7.91. The molecule has 152 valence electrons. The first kappa shape index (κ1) is 20.3. The van der Waals surface area contributed by atoms with Crippen LogP contribution in [0, 0.1) is 0 Å². The molecule has 1 aromatic heterocycles. The summed E-state index contributed by atoms with van der Waals surface area (Å²) >= 11 is 0. The number of carbonyl (C=O) groups is 1. The average Bonchev–Trinajstić information content (AvgIpc) is 3.20. The normalized spacial score (nSPS) is 17.1. The minimum atomic E-state index is -3.73. The molecule has 0 bridgehead atoms. The molecular weight excluding hydrogens is 386 g/mol. The minimum absolute atomic E-state index is 0.000533. The fraction of sp³-hybridized carbons (Fsp3) is 0.500. The lowest BCUT2D eigenvalue weighted by molar-refractivity contribution is -0.121. The fourth-order valence-corrected chi connectivity index (χ4v) is 4.48. The maximum atomic E-state index is 12.6. The molecule has 0 radical (unpaired) electrons. The van der Waals surface area contributed by atoms with E-state index in [2.05, 4.69) is 5.32 Å². The largest absolute Gasteiger partial charge is 0.376 e. The number of fused-ring (bicyclic) bond motifs is 1. The Morgan fingerprint density at radius 1 is 1.18 bits per heavy atom. The van der Waals surface area contributed by atoms with Crippen LogP contribution in [0.3, 0.4) is 0 Å². The predicted octanol–water partition coefficient (Wildman–Crippen LogP) is -0.304. The number of carbonyl (C=O) groups excluding carboxylic acids is 1. The fourth-order valence-electron chi connectivity index (χ4n) is 3.22. The molecule has 0 saturated carbocycles. The third-order valence-electron chi connectivity index (χ3n) is 4.97. The van der Waals surface area contributed by atoms with E-state index >= 15 is 0 Å². The second kappa shape index (κ2) is 7.88. The van der Waals surface area contributed by atoms with Crippen LogP contribution in [-0.2, 0) is 33.5 Å². The first-order chi connectivity index (χ1) is 13.2. The summed E-state index contributed by atoms with van der Waals surface area (Å²) < 4.78 is 33.0. The summed E-state index contributed by atoms with van der Waals surface area (Å²) in [5, 5.41) is 2.70. The molecule has 1 aromatic carbocycles. The van der Waals surface area contributed by atoms with Gasteiger partial charge in [0.15, 0.2) is 9.84 Å². The van der Waals surface area contributed by atoms with Crippen LogP contribution < -0.4 is 16.4 Å². The number of aryl methyl sites for hydroxylation is 2. The van der Waals surface area contributed by atoms with E-state index in [4.69, 9.17) is 4.74 Å². The van der Waals surface area contributed by atoms with Gasteiger partial charge in [0.2, 0.25) is 5.91 Å². The van der Waals surface area contributed by atoms with Crippen molar-refractivity contribution in [3.05, 3.63) is 38.9 Å². The Morgan fingerprint density at radius 3 is 2.50 bits per heavy atom. The lowest BCUT2D eigenvalue weighted by Crippen LogP contribution is -2.39. The van der Waals surface area contributed by atoms with Gasteiger partial charge in [-0.05, 0) is 31.0 Å². The molecule has 28 heavy (non-hydrogen) atoms. The van der Waals surface area contributed by atoms with Crippen molar-refractivity contribution in [1.29, 1.82) is 0 Å². The third kappa shape index (κ3) is 4.02. The number of amides is 1. The lowest BCUT2D eigenvalue weighted by atomic mass is 10.2. The number of nitrogens with zero attached hydrogens (tertiary/aromatic N) is 2. The standard InChI is InChI=1S/C18H23N3O6S/c1-20-14-6-5-13(10-15(14)21(2)18(24)17(20)23)28(25,26)9-7-16(22)19-11-12-4-3-8-27-12/h5-6,10,12H,3-4,7-9,11H2,1-2H3,(H,19,22)/t12-/m1/s1. The molecule has 1 saturated heterocycles. The molecule has 9 nitrogen and oxygen atoms in total. The van der Waals surface area contributed by atoms with Crippen molar-refractivity contribution in [1.82, 2.24) is 14.5 Å². The van der Waals surface area contributed by atoms with Crippen LogP contribution in [0.15, 0.2) is 32.7 Å². The van der Waals surface area contributed by atoms with Crippen LogP contribution in [0.4, 0.5) is 0 Å².